The van der Waals surface area contributed by atoms with Gasteiger partial charge in [-0.2, -0.15) is 0 Å². The van der Waals surface area contributed by atoms with Gasteiger partial charge in [-0.1, -0.05) is 19.9 Å². The molecule has 1 aromatic carbocycles. The van der Waals surface area contributed by atoms with Crippen LogP contribution in [-0.2, 0) is 7.05 Å². The Balaban J connectivity index is 2.13. The standard InChI is InChI=1S/C24H29N2O2/c1-6-26(7-2)19-9-11-20-22(16-19)28-24(27)21(23(20)17(3)4)10-8-18-12-14-25(5)15-13-18/h8-17H,6-7H2,1-5H3/q+1. The van der Waals surface area contributed by atoms with Crippen molar-refractivity contribution in [2.45, 2.75) is 33.6 Å². The average Bonchev–Trinajstić information content (AvgIpc) is 2.68. The molecule has 0 unspecified atom stereocenters. The molecule has 3 rings (SSSR count). The first-order valence-electron chi connectivity index (χ1n) is 9.93. The van der Waals surface area contributed by atoms with Crippen LogP contribution >= 0.6 is 0 Å². The third kappa shape index (κ3) is 4.01. The first-order chi connectivity index (χ1) is 13.4. The van der Waals surface area contributed by atoms with Crippen LogP contribution in [0.1, 0.15) is 50.3 Å². The maximum absolute atomic E-state index is 12.8. The molecule has 3 aromatic rings. The summed E-state index contributed by atoms with van der Waals surface area (Å²) in [5.74, 6) is 0.208. The number of aryl methyl sites for hydroxylation is 1. The maximum atomic E-state index is 12.8. The van der Waals surface area contributed by atoms with E-state index >= 15 is 0 Å². The summed E-state index contributed by atoms with van der Waals surface area (Å²) in [4.78, 5) is 15.1. The molecular weight excluding hydrogens is 348 g/mol. The van der Waals surface area contributed by atoms with Gasteiger partial charge in [0.2, 0.25) is 0 Å². The number of hydrogen-bond donors (Lipinski definition) is 0. The number of aromatic nitrogens is 1. The normalized spacial score (nSPS) is 11.6. The van der Waals surface area contributed by atoms with Crippen molar-refractivity contribution in [2.24, 2.45) is 7.05 Å². The molecule has 0 aliphatic carbocycles. The predicted octanol–water partition coefficient (Wildman–Crippen LogP) is 4.76. The molecule has 0 aliphatic rings. The molecule has 146 valence electrons. The third-order valence-electron chi connectivity index (χ3n) is 5.12. The van der Waals surface area contributed by atoms with Gasteiger partial charge in [0.05, 0.1) is 5.56 Å². The molecule has 4 nitrogen and oxygen atoms in total. The molecule has 0 fully saturated rings. The summed E-state index contributed by atoms with van der Waals surface area (Å²) in [7, 11) is 1.98. The van der Waals surface area contributed by atoms with E-state index < -0.39 is 0 Å². The number of benzene rings is 1. The minimum atomic E-state index is -0.286. The van der Waals surface area contributed by atoms with Gasteiger partial charge in [-0.05, 0) is 49.1 Å². The second-order valence-electron chi connectivity index (χ2n) is 7.35. The van der Waals surface area contributed by atoms with Crippen LogP contribution in [0.25, 0.3) is 23.1 Å². The lowest BCUT2D eigenvalue weighted by Crippen LogP contribution is -2.25. The Morgan fingerprint density at radius 1 is 1.07 bits per heavy atom. The fourth-order valence-electron chi connectivity index (χ4n) is 3.60. The summed E-state index contributed by atoms with van der Waals surface area (Å²) < 4.78 is 7.71. The number of rotatable bonds is 6. The lowest BCUT2D eigenvalue weighted by Gasteiger charge is -2.21. The highest BCUT2D eigenvalue weighted by Crippen LogP contribution is 2.30. The first kappa shape index (κ1) is 19.9. The molecule has 2 aromatic heterocycles. The van der Waals surface area contributed by atoms with E-state index in [9.17, 15) is 4.79 Å². The zero-order valence-corrected chi connectivity index (χ0v) is 17.4. The van der Waals surface area contributed by atoms with Crippen molar-refractivity contribution < 1.29 is 8.98 Å². The Hall–Kier alpha value is -2.88. The minimum absolute atomic E-state index is 0.208. The topological polar surface area (TPSA) is 37.3 Å². The van der Waals surface area contributed by atoms with E-state index in [4.69, 9.17) is 4.42 Å². The van der Waals surface area contributed by atoms with E-state index in [1.807, 2.05) is 54.4 Å². The van der Waals surface area contributed by atoms with E-state index in [1.54, 1.807) is 0 Å². The molecule has 4 heteroatoms. The number of hydrogen-bond acceptors (Lipinski definition) is 3. The molecule has 0 amide bonds. The molecule has 0 radical (unpaired) electrons. The molecule has 0 saturated carbocycles. The van der Waals surface area contributed by atoms with Gasteiger partial charge in [-0.15, -0.1) is 0 Å². The summed E-state index contributed by atoms with van der Waals surface area (Å²) in [6.45, 7) is 10.3. The van der Waals surface area contributed by atoms with Gasteiger partial charge in [-0.3, -0.25) is 0 Å². The van der Waals surface area contributed by atoms with Gasteiger partial charge < -0.3 is 9.32 Å². The molecule has 0 saturated heterocycles. The van der Waals surface area contributed by atoms with Gasteiger partial charge in [-0.25, -0.2) is 9.36 Å². The Kier molecular flexibility index (Phi) is 5.98. The highest BCUT2D eigenvalue weighted by Gasteiger charge is 2.16. The lowest BCUT2D eigenvalue weighted by molar-refractivity contribution is -0.671. The van der Waals surface area contributed by atoms with E-state index in [0.717, 1.165) is 35.3 Å². The molecule has 0 N–H and O–H groups in total. The Bertz CT molecular complexity index is 1040. The number of fused-ring (bicyclic) bond motifs is 1. The highest BCUT2D eigenvalue weighted by atomic mass is 16.4. The van der Waals surface area contributed by atoms with E-state index in [1.165, 1.54) is 0 Å². The monoisotopic (exact) mass is 377 g/mol. The smallest absolute Gasteiger partial charge is 0.343 e. The van der Waals surface area contributed by atoms with Gasteiger partial charge in [0.25, 0.3) is 0 Å². The molecule has 0 bridgehead atoms. The predicted molar refractivity (Wildman–Crippen MR) is 117 cm³/mol. The van der Waals surface area contributed by atoms with Gasteiger partial charge in [0.15, 0.2) is 12.4 Å². The number of nitrogens with zero attached hydrogens (tertiary/aromatic N) is 2. The largest absolute Gasteiger partial charge is 0.422 e. The van der Waals surface area contributed by atoms with Gasteiger partial charge in [0.1, 0.15) is 12.6 Å². The summed E-state index contributed by atoms with van der Waals surface area (Å²) in [5, 5.41) is 1.00. The van der Waals surface area contributed by atoms with Crippen LogP contribution in [0.2, 0.25) is 0 Å². The number of pyridine rings is 1. The van der Waals surface area contributed by atoms with Gasteiger partial charge in [0, 0.05) is 42.4 Å². The van der Waals surface area contributed by atoms with Crippen LogP contribution in [0.3, 0.4) is 0 Å². The summed E-state index contributed by atoms with van der Waals surface area (Å²) >= 11 is 0. The second-order valence-corrected chi connectivity index (χ2v) is 7.35. The Labute approximate surface area is 166 Å². The van der Waals surface area contributed by atoms with Crippen LogP contribution in [0.15, 0.2) is 51.9 Å². The summed E-state index contributed by atoms with van der Waals surface area (Å²) in [6.07, 6.45) is 7.82. The molecular formula is C24H29N2O2+. The minimum Gasteiger partial charge on any atom is -0.422 e. The molecule has 0 aliphatic heterocycles. The van der Waals surface area contributed by atoms with Crippen LogP contribution in [0, 0.1) is 0 Å². The first-order valence-corrected chi connectivity index (χ1v) is 9.93. The van der Waals surface area contributed by atoms with Crippen molar-refractivity contribution >= 4 is 28.8 Å². The Morgan fingerprint density at radius 3 is 2.36 bits per heavy atom. The van der Waals surface area contributed by atoms with Crippen molar-refractivity contribution in [3.63, 3.8) is 0 Å². The van der Waals surface area contributed by atoms with Crippen molar-refractivity contribution in [1.82, 2.24) is 0 Å². The van der Waals surface area contributed by atoms with Gasteiger partial charge >= 0.3 is 5.63 Å². The van der Waals surface area contributed by atoms with E-state index in [0.29, 0.717) is 11.1 Å². The van der Waals surface area contributed by atoms with Crippen LogP contribution < -0.4 is 15.1 Å². The summed E-state index contributed by atoms with van der Waals surface area (Å²) in [6, 6.07) is 10.2. The third-order valence-corrected chi connectivity index (χ3v) is 5.12. The number of anilines is 1. The second kappa shape index (κ2) is 8.42. The van der Waals surface area contributed by atoms with E-state index in [-0.39, 0.29) is 11.5 Å². The highest BCUT2D eigenvalue weighted by molar-refractivity contribution is 5.88. The SMILES string of the molecule is CCN(CC)c1ccc2c(C(C)C)c(/C=C/c3cc[n+](C)cc3)c(=O)oc2c1. The zero-order chi connectivity index (χ0) is 20.3. The van der Waals surface area contributed by atoms with Crippen molar-refractivity contribution in [3.05, 3.63) is 69.8 Å². The maximum Gasteiger partial charge on any atom is 0.343 e. The van der Waals surface area contributed by atoms with Crippen molar-refractivity contribution in [2.75, 3.05) is 18.0 Å². The average molecular weight is 378 g/mol. The van der Waals surface area contributed by atoms with Crippen molar-refractivity contribution in [3.8, 4) is 0 Å². The lowest BCUT2D eigenvalue weighted by atomic mass is 9.94. The van der Waals surface area contributed by atoms with Crippen LogP contribution in [-0.4, -0.2) is 13.1 Å². The molecule has 2 heterocycles. The zero-order valence-electron chi connectivity index (χ0n) is 17.4. The van der Waals surface area contributed by atoms with Crippen LogP contribution in [0.5, 0.6) is 0 Å². The fraction of sp³-hybridized carbons (Fsp3) is 0.333. The van der Waals surface area contributed by atoms with E-state index in [2.05, 4.69) is 44.7 Å². The van der Waals surface area contributed by atoms with Crippen molar-refractivity contribution in [1.29, 1.82) is 0 Å². The van der Waals surface area contributed by atoms with Crippen LogP contribution in [0.4, 0.5) is 5.69 Å². The quantitative estimate of drug-likeness (QED) is 0.459. The molecule has 0 spiro atoms. The summed E-state index contributed by atoms with van der Waals surface area (Å²) in [5.41, 5.74) is 4.16. The molecule has 28 heavy (non-hydrogen) atoms. The molecule has 0 atom stereocenters. The fourth-order valence-corrected chi connectivity index (χ4v) is 3.60. The Morgan fingerprint density at radius 2 is 1.75 bits per heavy atom.